The van der Waals surface area contributed by atoms with Gasteiger partial charge in [-0.2, -0.15) is 0 Å². The predicted octanol–water partition coefficient (Wildman–Crippen LogP) is 3.01. The summed E-state index contributed by atoms with van der Waals surface area (Å²) in [6, 6.07) is 0. The molecule has 3 rings (SSSR count). The Kier molecular flexibility index (Phi) is 8.70. The van der Waals surface area contributed by atoms with Gasteiger partial charge < -0.3 is 20.1 Å². The molecule has 7 heteroatoms. The number of nitrogens with two attached hydrogens (primary N) is 1. The van der Waals surface area contributed by atoms with Gasteiger partial charge in [-0.05, 0) is 49.3 Å². The lowest BCUT2D eigenvalue weighted by atomic mass is 10.0. The van der Waals surface area contributed by atoms with Crippen LogP contribution in [0.4, 0.5) is 0 Å². The maximum atomic E-state index is 13.5. The molecule has 0 aromatic carbocycles. The van der Waals surface area contributed by atoms with Crippen molar-refractivity contribution in [1.82, 2.24) is 9.80 Å². The third-order valence-electron chi connectivity index (χ3n) is 5.62. The summed E-state index contributed by atoms with van der Waals surface area (Å²) < 4.78 is 11.7. The van der Waals surface area contributed by atoms with Gasteiger partial charge in [-0.15, -0.1) is 0 Å². The Morgan fingerprint density at radius 1 is 1.38 bits per heavy atom. The molecule has 1 amide bonds. The van der Waals surface area contributed by atoms with Gasteiger partial charge in [-0.1, -0.05) is 32.6 Å². The van der Waals surface area contributed by atoms with E-state index >= 15 is 0 Å². The molecule has 32 heavy (non-hydrogen) atoms. The van der Waals surface area contributed by atoms with Crippen LogP contribution in [-0.2, 0) is 14.3 Å². The van der Waals surface area contributed by atoms with E-state index in [1.165, 1.54) is 5.57 Å². The molecule has 176 valence electrons. The second-order valence-corrected chi connectivity index (χ2v) is 9.25. The summed E-state index contributed by atoms with van der Waals surface area (Å²) in [7, 11) is 0. The highest BCUT2D eigenvalue weighted by molar-refractivity contribution is 5.84. The van der Waals surface area contributed by atoms with Crippen molar-refractivity contribution >= 4 is 11.7 Å². The third kappa shape index (κ3) is 7.07. The minimum absolute atomic E-state index is 0.0374. The van der Waals surface area contributed by atoms with Gasteiger partial charge in [0.1, 0.15) is 17.7 Å². The molecule has 0 spiro atoms. The minimum atomic E-state index is -0.495. The fourth-order valence-corrected chi connectivity index (χ4v) is 4.31. The zero-order valence-electron chi connectivity index (χ0n) is 19.8. The summed E-state index contributed by atoms with van der Waals surface area (Å²) in [5.74, 6) is 1.92. The average molecular weight is 443 g/mol. The van der Waals surface area contributed by atoms with Gasteiger partial charge >= 0.3 is 0 Å². The number of hydrogen-bond donors (Lipinski definition) is 1. The molecule has 2 heterocycles. The van der Waals surface area contributed by atoms with Crippen molar-refractivity contribution in [2.24, 2.45) is 16.6 Å². The van der Waals surface area contributed by atoms with Gasteiger partial charge in [0, 0.05) is 31.9 Å². The number of nitrogens with zero attached hydrogens (tertiary/aromatic N) is 3. The molecule has 7 nitrogen and oxygen atoms in total. The second-order valence-electron chi connectivity index (χ2n) is 9.25. The van der Waals surface area contributed by atoms with E-state index in [9.17, 15) is 4.79 Å². The number of amidine groups is 1. The number of allylic oxidation sites excluding steroid dienone is 4. The number of carbonyl (C=O) groups is 1. The van der Waals surface area contributed by atoms with E-state index < -0.39 is 6.10 Å². The third-order valence-corrected chi connectivity index (χ3v) is 5.62. The molecule has 0 bridgehead atoms. The highest BCUT2D eigenvalue weighted by Crippen LogP contribution is 2.28. The first-order valence-corrected chi connectivity index (χ1v) is 11.7. The van der Waals surface area contributed by atoms with Crippen molar-refractivity contribution < 1.29 is 14.3 Å². The SMILES string of the molecule is C=C(C)N=C(N)CN1CCOC(C(=O)N(CC2=CCC=C3OCCCC3=C2)CC(C)C)C1. The van der Waals surface area contributed by atoms with Crippen LogP contribution in [0.2, 0.25) is 0 Å². The molecular weight excluding hydrogens is 404 g/mol. The molecule has 0 radical (unpaired) electrons. The molecule has 3 aliphatic rings. The summed E-state index contributed by atoms with van der Waals surface area (Å²) in [5, 5.41) is 0. The lowest BCUT2D eigenvalue weighted by molar-refractivity contribution is -0.149. The molecule has 0 saturated carbocycles. The first-order chi connectivity index (χ1) is 15.3. The van der Waals surface area contributed by atoms with Crippen LogP contribution in [0.15, 0.2) is 52.4 Å². The Morgan fingerprint density at radius 2 is 2.19 bits per heavy atom. The number of rotatable bonds is 8. The Morgan fingerprint density at radius 3 is 2.94 bits per heavy atom. The first-order valence-electron chi connectivity index (χ1n) is 11.7. The van der Waals surface area contributed by atoms with Gasteiger partial charge in [0.25, 0.3) is 5.91 Å². The van der Waals surface area contributed by atoms with Gasteiger partial charge in [0.15, 0.2) is 0 Å². The lowest BCUT2D eigenvalue weighted by Crippen LogP contribution is -2.53. The molecule has 2 aliphatic heterocycles. The van der Waals surface area contributed by atoms with Crippen molar-refractivity contribution in [2.45, 2.75) is 46.1 Å². The van der Waals surface area contributed by atoms with Crippen LogP contribution in [0.5, 0.6) is 0 Å². The van der Waals surface area contributed by atoms with Crippen LogP contribution in [-0.4, -0.2) is 73.6 Å². The average Bonchev–Trinajstić information content (AvgIpc) is 2.93. The number of ether oxygens (including phenoxy) is 2. The minimum Gasteiger partial charge on any atom is -0.494 e. The molecule has 1 unspecified atom stereocenters. The Labute approximate surface area is 192 Å². The van der Waals surface area contributed by atoms with E-state index in [2.05, 4.69) is 48.5 Å². The summed E-state index contributed by atoms with van der Waals surface area (Å²) in [6.45, 7) is 14.2. The highest BCUT2D eigenvalue weighted by Gasteiger charge is 2.31. The van der Waals surface area contributed by atoms with Gasteiger partial charge in [0.2, 0.25) is 0 Å². The van der Waals surface area contributed by atoms with E-state index in [0.717, 1.165) is 43.7 Å². The van der Waals surface area contributed by atoms with Crippen LogP contribution in [0.1, 0.15) is 40.0 Å². The predicted molar refractivity (Wildman–Crippen MR) is 128 cm³/mol. The second kappa shape index (κ2) is 11.5. The van der Waals surface area contributed by atoms with Crippen LogP contribution < -0.4 is 5.73 Å². The quantitative estimate of drug-likeness (QED) is 0.462. The first kappa shape index (κ1) is 24.3. The Bertz CT molecular complexity index is 825. The number of hydrogen-bond acceptors (Lipinski definition) is 5. The lowest BCUT2D eigenvalue weighted by Gasteiger charge is -2.35. The van der Waals surface area contributed by atoms with Crippen molar-refractivity contribution in [3.05, 3.63) is 47.4 Å². The van der Waals surface area contributed by atoms with Crippen LogP contribution in [0.3, 0.4) is 0 Å². The number of carbonyl (C=O) groups excluding carboxylic acids is 1. The topological polar surface area (TPSA) is 80.4 Å². The largest absolute Gasteiger partial charge is 0.494 e. The van der Waals surface area contributed by atoms with E-state index in [0.29, 0.717) is 50.2 Å². The smallest absolute Gasteiger partial charge is 0.253 e. The Balaban J connectivity index is 1.68. The van der Waals surface area contributed by atoms with Crippen molar-refractivity contribution in [1.29, 1.82) is 0 Å². The zero-order valence-corrected chi connectivity index (χ0v) is 19.8. The van der Waals surface area contributed by atoms with Gasteiger partial charge in [-0.3, -0.25) is 9.69 Å². The Hall–Kier alpha value is -2.38. The zero-order chi connectivity index (χ0) is 23.1. The number of fused-ring (bicyclic) bond motifs is 1. The van der Waals surface area contributed by atoms with E-state index in [-0.39, 0.29) is 5.91 Å². The fourth-order valence-electron chi connectivity index (χ4n) is 4.31. The van der Waals surface area contributed by atoms with E-state index in [4.69, 9.17) is 15.2 Å². The summed E-state index contributed by atoms with van der Waals surface area (Å²) >= 11 is 0. The molecular formula is C25H38N4O3. The summed E-state index contributed by atoms with van der Waals surface area (Å²) in [6.07, 6.45) is 8.94. The van der Waals surface area contributed by atoms with Crippen LogP contribution in [0.25, 0.3) is 0 Å². The maximum absolute atomic E-state index is 13.5. The number of aliphatic imine (C=N–C) groups is 1. The number of morpholine rings is 1. The van der Waals surface area contributed by atoms with E-state index in [1.807, 2.05) is 11.8 Å². The van der Waals surface area contributed by atoms with Crippen molar-refractivity contribution in [2.75, 3.05) is 45.9 Å². The molecule has 1 aliphatic carbocycles. The van der Waals surface area contributed by atoms with Crippen LogP contribution >= 0.6 is 0 Å². The molecule has 2 fully saturated rings. The normalized spacial score (nSPS) is 22.2. The summed E-state index contributed by atoms with van der Waals surface area (Å²) in [4.78, 5) is 21.8. The van der Waals surface area contributed by atoms with Gasteiger partial charge in [-0.25, -0.2) is 4.99 Å². The molecule has 2 N–H and O–H groups in total. The van der Waals surface area contributed by atoms with E-state index in [1.54, 1.807) is 0 Å². The highest BCUT2D eigenvalue weighted by atomic mass is 16.5. The van der Waals surface area contributed by atoms with Gasteiger partial charge in [0.05, 0.1) is 19.8 Å². The van der Waals surface area contributed by atoms with Crippen molar-refractivity contribution in [3.63, 3.8) is 0 Å². The molecule has 0 aromatic heterocycles. The molecule has 0 aromatic rings. The standard InChI is InChI=1S/C25H38N4O3/c1-18(2)14-29(15-20-7-5-9-22-21(13-20)8-6-11-31-22)25(30)23-16-28(10-12-32-23)17-24(26)27-19(3)4/h7,9,13,18,23H,3,5-6,8,10-12,14-17H2,1-2,4H3,(H2,26,27). The molecule has 2 saturated heterocycles. The summed E-state index contributed by atoms with van der Waals surface area (Å²) in [5.41, 5.74) is 9.11. The van der Waals surface area contributed by atoms with Crippen molar-refractivity contribution in [3.8, 4) is 0 Å². The fraction of sp³-hybridized carbons (Fsp3) is 0.600. The molecule has 1 atom stereocenters. The monoisotopic (exact) mass is 442 g/mol. The maximum Gasteiger partial charge on any atom is 0.253 e. The van der Waals surface area contributed by atoms with Crippen LogP contribution in [0, 0.1) is 5.92 Å². The number of amides is 1.